The van der Waals surface area contributed by atoms with Gasteiger partial charge in [-0.25, -0.2) is 4.39 Å². The summed E-state index contributed by atoms with van der Waals surface area (Å²) in [5.41, 5.74) is 3.25. The third-order valence-corrected chi connectivity index (χ3v) is 5.47. The van der Waals surface area contributed by atoms with Gasteiger partial charge in [0.25, 0.3) is 11.8 Å². The number of piperidine rings is 1. The van der Waals surface area contributed by atoms with Gasteiger partial charge in [0.2, 0.25) is 0 Å². The molecule has 1 aliphatic rings. The van der Waals surface area contributed by atoms with Crippen LogP contribution in [0.5, 0.6) is 5.75 Å². The predicted octanol–water partition coefficient (Wildman–Crippen LogP) is 3.55. The van der Waals surface area contributed by atoms with Gasteiger partial charge < -0.3 is 15.0 Å². The van der Waals surface area contributed by atoms with Gasteiger partial charge in [-0.15, -0.1) is 0 Å². The van der Waals surface area contributed by atoms with E-state index in [1.165, 1.54) is 12.1 Å². The smallest absolute Gasteiger partial charge is 0.258 e. The second kappa shape index (κ2) is 9.07. The lowest BCUT2D eigenvalue weighted by Gasteiger charge is -2.32. The van der Waals surface area contributed by atoms with Crippen LogP contribution in [0, 0.1) is 26.6 Å². The number of halogens is 1. The summed E-state index contributed by atoms with van der Waals surface area (Å²) in [5.74, 6) is -0.233. The number of ether oxygens (including phenoxy) is 1. The quantitative estimate of drug-likeness (QED) is 0.838. The Hall–Kier alpha value is -2.89. The number of nitrogens with one attached hydrogen (secondary N) is 1. The molecule has 1 heterocycles. The zero-order valence-electron chi connectivity index (χ0n) is 17.1. The van der Waals surface area contributed by atoms with E-state index in [0.29, 0.717) is 25.9 Å². The number of hydrogen-bond donors (Lipinski definition) is 1. The van der Waals surface area contributed by atoms with Crippen molar-refractivity contribution in [3.63, 3.8) is 0 Å². The van der Waals surface area contributed by atoms with Gasteiger partial charge in [0.15, 0.2) is 6.61 Å². The van der Waals surface area contributed by atoms with Gasteiger partial charge in [0, 0.05) is 19.1 Å². The molecule has 0 aromatic heterocycles. The number of likely N-dealkylation sites (tertiary alicyclic amines) is 1. The summed E-state index contributed by atoms with van der Waals surface area (Å²) in [6.07, 6.45) is 1.27. The molecule has 0 aliphatic carbocycles. The highest BCUT2D eigenvalue weighted by Crippen LogP contribution is 2.25. The minimum absolute atomic E-state index is 0.0181. The van der Waals surface area contributed by atoms with Gasteiger partial charge in [0.1, 0.15) is 11.6 Å². The van der Waals surface area contributed by atoms with E-state index in [9.17, 15) is 14.0 Å². The number of benzene rings is 2. The van der Waals surface area contributed by atoms with E-state index in [-0.39, 0.29) is 30.0 Å². The zero-order chi connectivity index (χ0) is 21.0. The molecule has 0 atom stereocenters. The third kappa shape index (κ3) is 4.94. The first-order valence-electron chi connectivity index (χ1n) is 9.89. The molecule has 2 amide bonds. The van der Waals surface area contributed by atoms with Crippen molar-refractivity contribution in [2.24, 2.45) is 0 Å². The Morgan fingerprint density at radius 3 is 2.41 bits per heavy atom. The SMILES string of the molecule is Cc1ccc(C)c(OCC(=O)NC2CCN(C(=O)c3ccccc3F)CC2)c1C. The van der Waals surface area contributed by atoms with Crippen molar-refractivity contribution in [2.45, 2.75) is 39.7 Å². The third-order valence-electron chi connectivity index (χ3n) is 5.47. The Balaban J connectivity index is 1.48. The average Bonchev–Trinajstić information content (AvgIpc) is 2.71. The van der Waals surface area contributed by atoms with Gasteiger partial charge in [-0.3, -0.25) is 9.59 Å². The van der Waals surface area contributed by atoms with Crippen LogP contribution in [0.15, 0.2) is 36.4 Å². The van der Waals surface area contributed by atoms with Crippen LogP contribution in [0.2, 0.25) is 0 Å². The topological polar surface area (TPSA) is 58.6 Å². The number of carbonyl (C=O) groups is 2. The molecule has 0 bridgehead atoms. The lowest BCUT2D eigenvalue weighted by molar-refractivity contribution is -0.124. The summed E-state index contributed by atoms with van der Waals surface area (Å²) < 4.78 is 19.6. The molecule has 5 nitrogen and oxygen atoms in total. The number of nitrogens with zero attached hydrogens (tertiary/aromatic N) is 1. The number of rotatable bonds is 5. The normalized spacial score (nSPS) is 14.6. The van der Waals surface area contributed by atoms with Crippen LogP contribution in [0.3, 0.4) is 0 Å². The summed E-state index contributed by atoms with van der Waals surface area (Å²) in [4.78, 5) is 26.4. The summed E-state index contributed by atoms with van der Waals surface area (Å²) in [5, 5.41) is 2.98. The Bertz CT molecular complexity index is 905. The van der Waals surface area contributed by atoms with E-state index < -0.39 is 5.82 Å². The van der Waals surface area contributed by atoms with Gasteiger partial charge in [0.05, 0.1) is 5.56 Å². The number of amides is 2. The minimum atomic E-state index is -0.508. The van der Waals surface area contributed by atoms with Crippen molar-refractivity contribution in [3.8, 4) is 5.75 Å². The van der Waals surface area contributed by atoms with Gasteiger partial charge in [-0.1, -0.05) is 24.3 Å². The van der Waals surface area contributed by atoms with E-state index in [0.717, 1.165) is 22.4 Å². The van der Waals surface area contributed by atoms with Crippen LogP contribution in [0.1, 0.15) is 39.9 Å². The fourth-order valence-corrected chi connectivity index (χ4v) is 3.59. The second-order valence-corrected chi connectivity index (χ2v) is 7.56. The molecule has 29 heavy (non-hydrogen) atoms. The molecule has 0 unspecified atom stereocenters. The van der Waals surface area contributed by atoms with Crippen molar-refractivity contribution in [1.82, 2.24) is 10.2 Å². The first-order valence-corrected chi connectivity index (χ1v) is 9.89. The number of carbonyl (C=O) groups excluding carboxylic acids is 2. The van der Waals surface area contributed by atoms with Crippen LogP contribution < -0.4 is 10.1 Å². The first kappa shape index (κ1) is 20.8. The molecule has 1 fully saturated rings. The van der Waals surface area contributed by atoms with Crippen LogP contribution >= 0.6 is 0 Å². The second-order valence-electron chi connectivity index (χ2n) is 7.56. The summed E-state index contributed by atoms with van der Waals surface area (Å²) in [6.45, 7) is 6.88. The predicted molar refractivity (Wildman–Crippen MR) is 110 cm³/mol. The Labute approximate surface area is 170 Å². The first-order chi connectivity index (χ1) is 13.9. The Kier molecular flexibility index (Phi) is 6.52. The maximum atomic E-state index is 13.8. The summed E-state index contributed by atoms with van der Waals surface area (Å²) >= 11 is 0. The molecule has 0 radical (unpaired) electrons. The molecule has 6 heteroatoms. The van der Waals surface area contributed by atoms with E-state index in [1.54, 1.807) is 17.0 Å². The maximum Gasteiger partial charge on any atom is 0.258 e. The highest BCUT2D eigenvalue weighted by molar-refractivity contribution is 5.94. The lowest BCUT2D eigenvalue weighted by atomic mass is 10.0. The standard InChI is InChI=1S/C23H27FN2O3/c1-15-8-9-16(2)22(17(15)3)29-14-21(27)25-18-10-12-26(13-11-18)23(28)19-6-4-5-7-20(19)24/h4-9,18H,10-14H2,1-3H3,(H,25,27). The molecule has 1 aliphatic heterocycles. The van der Waals surface area contributed by atoms with Crippen molar-refractivity contribution >= 4 is 11.8 Å². The maximum absolute atomic E-state index is 13.8. The minimum Gasteiger partial charge on any atom is -0.483 e. The molecular formula is C23H27FN2O3. The summed E-state index contributed by atoms with van der Waals surface area (Å²) in [6, 6.07) is 10.0. The van der Waals surface area contributed by atoms with Crippen LogP contribution in [0.25, 0.3) is 0 Å². The van der Waals surface area contributed by atoms with Crippen LogP contribution in [-0.4, -0.2) is 42.5 Å². The number of aryl methyl sites for hydroxylation is 2. The van der Waals surface area contributed by atoms with Gasteiger partial charge in [-0.05, 0) is 62.4 Å². The summed E-state index contributed by atoms with van der Waals surface area (Å²) in [7, 11) is 0. The van der Waals surface area contributed by atoms with Crippen LogP contribution in [0.4, 0.5) is 4.39 Å². The van der Waals surface area contributed by atoms with E-state index in [2.05, 4.69) is 5.32 Å². The largest absolute Gasteiger partial charge is 0.483 e. The van der Waals surface area contributed by atoms with Gasteiger partial charge in [-0.2, -0.15) is 0 Å². The zero-order valence-corrected chi connectivity index (χ0v) is 17.1. The molecular weight excluding hydrogens is 371 g/mol. The van der Waals surface area contributed by atoms with Gasteiger partial charge >= 0.3 is 0 Å². The van der Waals surface area contributed by atoms with Crippen LogP contribution in [-0.2, 0) is 4.79 Å². The highest BCUT2D eigenvalue weighted by atomic mass is 19.1. The molecule has 1 saturated heterocycles. The lowest BCUT2D eigenvalue weighted by Crippen LogP contribution is -2.47. The Morgan fingerprint density at radius 1 is 1.07 bits per heavy atom. The Morgan fingerprint density at radius 2 is 1.72 bits per heavy atom. The number of hydrogen-bond acceptors (Lipinski definition) is 3. The highest BCUT2D eigenvalue weighted by Gasteiger charge is 2.26. The molecule has 0 spiro atoms. The fraction of sp³-hybridized carbons (Fsp3) is 0.391. The monoisotopic (exact) mass is 398 g/mol. The molecule has 0 saturated carbocycles. The molecule has 2 aromatic carbocycles. The van der Waals surface area contributed by atoms with Crippen molar-refractivity contribution < 1.29 is 18.7 Å². The van der Waals surface area contributed by atoms with E-state index in [4.69, 9.17) is 4.74 Å². The molecule has 2 aromatic rings. The van der Waals surface area contributed by atoms with Crippen molar-refractivity contribution in [2.75, 3.05) is 19.7 Å². The molecule has 3 rings (SSSR count). The van der Waals surface area contributed by atoms with Crippen molar-refractivity contribution in [1.29, 1.82) is 0 Å². The molecule has 1 N–H and O–H groups in total. The van der Waals surface area contributed by atoms with E-state index in [1.807, 2.05) is 32.9 Å². The average molecular weight is 398 g/mol. The molecule has 154 valence electrons. The van der Waals surface area contributed by atoms with E-state index >= 15 is 0 Å². The fourth-order valence-electron chi connectivity index (χ4n) is 3.59. The van der Waals surface area contributed by atoms with Crippen molar-refractivity contribution in [3.05, 3.63) is 64.5 Å².